The fourth-order valence-corrected chi connectivity index (χ4v) is 3.96. The molecule has 24 heavy (non-hydrogen) atoms. The minimum atomic E-state index is 0.658. The van der Waals surface area contributed by atoms with E-state index in [2.05, 4.69) is 56.2 Å². The standard InChI is InChI=1S/C20H26N4/c1-2-6-17(7-3-1)15-23-10-12-24(13-11-23)20-14-19(21-16-22-20)18-8-4-5-9-18/h1-3,6-7,14,16,18H,4-5,8-13,15H2. The Kier molecular flexibility index (Phi) is 4.74. The molecule has 2 aromatic rings. The predicted octanol–water partition coefficient (Wildman–Crippen LogP) is 3.46. The third-order valence-corrected chi connectivity index (χ3v) is 5.39. The Balaban J connectivity index is 1.36. The molecule has 4 nitrogen and oxygen atoms in total. The van der Waals surface area contributed by atoms with E-state index in [0.717, 1.165) is 38.5 Å². The van der Waals surface area contributed by atoms with E-state index in [9.17, 15) is 0 Å². The second-order valence-corrected chi connectivity index (χ2v) is 7.03. The van der Waals surface area contributed by atoms with Crippen molar-refractivity contribution in [2.24, 2.45) is 0 Å². The Hall–Kier alpha value is -1.94. The van der Waals surface area contributed by atoms with Crippen molar-refractivity contribution >= 4 is 5.82 Å². The quantitative estimate of drug-likeness (QED) is 0.863. The summed E-state index contributed by atoms with van der Waals surface area (Å²) in [4.78, 5) is 14.0. The van der Waals surface area contributed by atoms with Crippen LogP contribution in [0.4, 0.5) is 5.82 Å². The lowest BCUT2D eigenvalue weighted by Crippen LogP contribution is -2.46. The zero-order valence-electron chi connectivity index (χ0n) is 14.3. The average molecular weight is 322 g/mol. The van der Waals surface area contributed by atoms with Crippen LogP contribution in [0, 0.1) is 0 Å². The minimum absolute atomic E-state index is 0.658. The van der Waals surface area contributed by atoms with Gasteiger partial charge in [0.15, 0.2) is 0 Å². The summed E-state index contributed by atoms with van der Waals surface area (Å²) in [5.41, 5.74) is 2.65. The summed E-state index contributed by atoms with van der Waals surface area (Å²) < 4.78 is 0. The van der Waals surface area contributed by atoms with Crippen molar-refractivity contribution in [3.8, 4) is 0 Å². The normalized spacial score (nSPS) is 19.8. The van der Waals surface area contributed by atoms with Crippen LogP contribution in [0.1, 0.15) is 42.9 Å². The van der Waals surface area contributed by atoms with Gasteiger partial charge in [0.25, 0.3) is 0 Å². The summed E-state index contributed by atoms with van der Waals surface area (Å²) in [7, 11) is 0. The SMILES string of the molecule is c1ccc(CN2CCN(c3cc(C4CCCC4)ncn3)CC2)cc1. The van der Waals surface area contributed by atoms with Crippen molar-refractivity contribution in [3.05, 3.63) is 54.0 Å². The van der Waals surface area contributed by atoms with Gasteiger partial charge in [0.05, 0.1) is 0 Å². The van der Waals surface area contributed by atoms with Crippen molar-refractivity contribution in [3.63, 3.8) is 0 Å². The molecule has 0 bridgehead atoms. The number of nitrogens with zero attached hydrogens (tertiary/aromatic N) is 4. The highest BCUT2D eigenvalue weighted by Crippen LogP contribution is 2.33. The van der Waals surface area contributed by atoms with E-state index in [0.29, 0.717) is 5.92 Å². The smallest absolute Gasteiger partial charge is 0.132 e. The first-order valence-corrected chi connectivity index (χ1v) is 9.22. The summed E-state index contributed by atoms with van der Waals surface area (Å²) in [5, 5.41) is 0. The molecule has 2 heterocycles. The van der Waals surface area contributed by atoms with Crippen LogP contribution in [0.3, 0.4) is 0 Å². The van der Waals surface area contributed by atoms with Crippen LogP contribution < -0.4 is 4.90 Å². The van der Waals surface area contributed by atoms with Crippen LogP contribution >= 0.6 is 0 Å². The van der Waals surface area contributed by atoms with E-state index in [4.69, 9.17) is 0 Å². The molecule has 1 aromatic carbocycles. The van der Waals surface area contributed by atoms with Gasteiger partial charge in [-0.1, -0.05) is 43.2 Å². The molecule has 126 valence electrons. The van der Waals surface area contributed by atoms with E-state index in [-0.39, 0.29) is 0 Å². The number of anilines is 1. The molecule has 1 saturated heterocycles. The molecule has 4 rings (SSSR count). The number of hydrogen-bond donors (Lipinski definition) is 0. The molecule has 4 heteroatoms. The average Bonchev–Trinajstić information content (AvgIpc) is 3.18. The van der Waals surface area contributed by atoms with Gasteiger partial charge in [-0.25, -0.2) is 9.97 Å². The molecule has 1 saturated carbocycles. The van der Waals surface area contributed by atoms with Crippen molar-refractivity contribution in [1.82, 2.24) is 14.9 Å². The van der Waals surface area contributed by atoms with Gasteiger partial charge in [0.2, 0.25) is 0 Å². The Labute approximate surface area is 144 Å². The van der Waals surface area contributed by atoms with Crippen LogP contribution in [-0.4, -0.2) is 41.0 Å². The second-order valence-electron chi connectivity index (χ2n) is 7.03. The highest BCUT2D eigenvalue weighted by molar-refractivity contribution is 5.40. The summed E-state index contributed by atoms with van der Waals surface area (Å²) in [6.07, 6.45) is 7.05. The number of piperazine rings is 1. The lowest BCUT2D eigenvalue weighted by molar-refractivity contribution is 0.249. The van der Waals surface area contributed by atoms with Gasteiger partial charge in [-0.05, 0) is 18.4 Å². The summed E-state index contributed by atoms with van der Waals surface area (Å²) in [6, 6.07) is 13.0. The first-order chi connectivity index (χ1) is 11.9. The second kappa shape index (κ2) is 7.31. The largest absolute Gasteiger partial charge is 0.354 e. The minimum Gasteiger partial charge on any atom is -0.354 e. The zero-order chi connectivity index (χ0) is 16.2. The van der Waals surface area contributed by atoms with E-state index < -0.39 is 0 Å². The highest BCUT2D eigenvalue weighted by atomic mass is 15.3. The molecule has 0 atom stereocenters. The molecule has 2 fully saturated rings. The van der Waals surface area contributed by atoms with E-state index in [1.807, 2.05) is 0 Å². The van der Waals surface area contributed by atoms with Crippen molar-refractivity contribution < 1.29 is 0 Å². The summed E-state index contributed by atoms with van der Waals surface area (Å²) >= 11 is 0. The third kappa shape index (κ3) is 3.59. The predicted molar refractivity (Wildman–Crippen MR) is 97.2 cm³/mol. The Bertz CT molecular complexity index is 644. The van der Waals surface area contributed by atoms with Crippen LogP contribution in [0.25, 0.3) is 0 Å². The summed E-state index contributed by atoms with van der Waals surface area (Å²) in [6.45, 7) is 5.34. The first kappa shape index (κ1) is 15.6. The summed E-state index contributed by atoms with van der Waals surface area (Å²) in [5.74, 6) is 1.78. The van der Waals surface area contributed by atoms with Gasteiger partial charge in [-0.15, -0.1) is 0 Å². The van der Waals surface area contributed by atoms with E-state index >= 15 is 0 Å². The van der Waals surface area contributed by atoms with Crippen molar-refractivity contribution in [2.45, 2.75) is 38.1 Å². The van der Waals surface area contributed by atoms with Crippen molar-refractivity contribution in [2.75, 3.05) is 31.1 Å². The number of rotatable bonds is 4. The van der Waals surface area contributed by atoms with Gasteiger partial charge in [-0.3, -0.25) is 4.90 Å². The maximum Gasteiger partial charge on any atom is 0.132 e. The number of hydrogen-bond acceptors (Lipinski definition) is 4. The van der Waals surface area contributed by atoms with Gasteiger partial charge in [0, 0.05) is 50.4 Å². The first-order valence-electron chi connectivity index (χ1n) is 9.22. The molecule has 0 amide bonds. The van der Waals surface area contributed by atoms with Gasteiger partial charge < -0.3 is 4.90 Å². The van der Waals surface area contributed by atoms with Gasteiger partial charge in [0.1, 0.15) is 12.1 Å². The molecule has 1 aliphatic carbocycles. The Morgan fingerprint density at radius 1 is 0.917 bits per heavy atom. The lowest BCUT2D eigenvalue weighted by atomic mass is 10.0. The molecule has 0 radical (unpaired) electrons. The van der Waals surface area contributed by atoms with E-state index in [1.165, 1.54) is 36.9 Å². The lowest BCUT2D eigenvalue weighted by Gasteiger charge is -2.35. The highest BCUT2D eigenvalue weighted by Gasteiger charge is 2.22. The van der Waals surface area contributed by atoms with Crippen LogP contribution in [0.15, 0.2) is 42.7 Å². The van der Waals surface area contributed by atoms with Crippen LogP contribution in [0.2, 0.25) is 0 Å². The zero-order valence-corrected chi connectivity index (χ0v) is 14.3. The fourth-order valence-electron chi connectivity index (χ4n) is 3.96. The molecule has 1 aliphatic heterocycles. The molecular weight excluding hydrogens is 296 g/mol. The number of benzene rings is 1. The van der Waals surface area contributed by atoms with Gasteiger partial charge in [-0.2, -0.15) is 0 Å². The van der Waals surface area contributed by atoms with Crippen LogP contribution in [0.5, 0.6) is 0 Å². The maximum absolute atomic E-state index is 4.54. The van der Waals surface area contributed by atoms with Gasteiger partial charge >= 0.3 is 0 Å². The Morgan fingerprint density at radius 3 is 2.42 bits per heavy atom. The topological polar surface area (TPSA) is 32.3 Å². The van der Waals surface area contributed by atoms with Crippen molar-refractivity contribution in [1.29, 1.82) is 0 Å². The molecular formula is C20H26N4. The van der Waals surface area contributed by atoms with E-state index in [1.54, 1.807) is 6.33 Å². The van der Waals surface area contributed by atoms with Crippen LogP contribution in [-0.2, 0) is 6.54 Å². The fraction of sp³-hybridized carbons (Fsp3) is 0.500. The molecule has 2 aliphatic rings. The molecule has 0 spiro atoms. The molecule has 1 aromatic heterocycles. The Morgan fingerprint density at radius 2 is 1.67 bits per heavy atom. The molecule has 0 N–H and O–H groups in total. The molecule has 0 unspecified atom stereocenters. The maximum atomic E-state index is 4.54. The third-order valence-electron chi connectivity index (χ3n) is 5.39. The number of aromatic nitrogens is 2. The monoisotopic (exact) mass is 322 g/mol.